The van der Waals surface area contributed by atoms with Gasteiger partial charge in [0.1, 0.15) is 5.78 Å². The number of hydrogen-bond acceptors (Lipinski definition) is 3. The second kappa shape index (κ2) is 6.33. The predicted molar refractivity (Wildman–Crippen MR) is 64.1 cm³/mol. The van der Waals surface area contributed by atoms with E-state index in [1.165, 1.54) is 13.0 Å². The molecule has 0 bridgehead atoms. The van der Waals surface area contributed by atoms with Crippen molar-refractivity contribution in [1.82, 2.24) is 0 Å². The zero-order valence-corrected chi connectivity index (χ0v) is 10.4. The van der Waals surface area contributed by atoms with Gasteiger partial charge in [0.15, 0.2) is 0 Å². The Morgan fingerprint density at radius 1 is 1.22 bits per heavy atom. The molecule has 0 aliphatic heterocycles. The van der Waals surface area contributed by atoms with Crippen LogP contribution < -0.4 is 0 Å². The Kier molecular flexibility index (Phi) is 5.07. The van der Waals surface area contributed by atoms with Crippen LogP contribution in [-0.2, 0) is 14.4 Å². The van der Waals surface area contributed by atoms with Crippen LogP contribution in [0.25, 0.3) is 0 Å². The number of allylic oxidation sites excluding steroid dienone is 1. The minimum atomic E-state index is -1.27. The van der Waals surface area contributed by atoms with Gasteiger partial charge in [0.05, 0.1) is 5.92 Å². The quantitative estimate of drug-likeness (QED) is 0.706. The number of aliphatic carboxylic acids is 2. The third-order valence-electron chi connectivity index (χ3n) is 3.45. The third kappa shape index (κ3) is 3.42. The van der Waals surface area contributed by atoms with Crippen molar-refractivity contribution in [3.63, 3.8) is 0 Å². The normalized spacial score (nSPS) is 18.6. The first-order valence-electron chi connectivity index (χ1n) is 6.12. The van der Waals surface area contributed by atoms with Crippen LogP contribution in [0.3, 0.4) is 0 Å². The molecule has 0 heterocycles. The van der Waals surface area contributed by atoms with E-state index in [1.807, 2.05) is 0 Å². The molecule has 0 aromatic rings. The van der Waals surface area contributed by atoms with Gasteiger partial charge in [0.2, 0.25) is 0 Å². The number of carboxylic acids is 2. The number of Topliss-reactive ketones (excluding diaryl/α,β-unsaturated/α-hetero) is 1. The van der Waals surface area contributed by atoms with E-state index in [0.717, 1.165) is 25.7 Å². The molecule has 0 aromatic heterocycles. The highest BCUT2D eigenvalue weighted by Gasteiger charge is 2.32. The second-order valence-electron chi connectivity index (χ2n) is 4.59. The first-order chi connectivity index (χ1) is 8.47. The fourth-order valence-electron chi connectivity index (χ4n) is 2.42. The molecule has 0 radical (unpaired) electrons. The average molecular weight is 254 g/mol. The molecule has 2 N–H and O–H groups in total. The molecule has 1 aliphatic carbocycles. The summed E-state index contributed by atoms with van der Waals surface area (Å²) in [6, 6.07) is 0. The Bertz CT molecular complexity index is 377. The maximum absolute atomic E-state index is 11.9. The summed E-state index contributed by atoms with van der Waals surface area (Å²) >= 11 is 0. The molecular weight excluding hydrogens is 236 g/mol. The van der Waals surface area contributed by atoms with Crippen molar-refractivity contribution >= 4 is 17.7 Å². The van der Waals surface area contributed by atoms with Crippen LogP contribution in [0.1, 0.15) is 39.0 Å². The first-order valence-corrected chi connectivity index (χ1v) is 6.12. The third-order valence-corrected chi connectivity index (χ3v) is 3.45. The van der Waals surface area contributed by atoms with E-state index >= 15 is 0 Å². The zero-order chi connectivity index (χ0) is 13.7. The average Bonchev–Trinajstić information content (AvgIpc) is 2.81. The Morgan fingerprint density at radius 2 is 1.78 bits per heavy atom. The van der Waals surface area contributed by atoms with Crippen LogP contribution in [0.15, 0.2) is 11.6 Å². The minimum Gasteiger partial charge on any atom is -0.481 e. The summed E-state index contributed by atoms with van der Waals surface area (Å²) in [5, 5.41) is 18.0. The Morgan fingerprint density at radius 3 is 2.17 bits per heavy atom. The highest BCUT2D eigenvalue weighted by Crippen LogP contribution is 2.29. The van der Waals surface area contributed by atoms with Crippen LogP contribution in [0.2, 0.25) is 0 Å². The second-order valence-corrected chi connectivity index (χ2v) is 4.59. The van der Waals surface area contributed by atoms with E-state index in [9.17, 15) is 14.4 Å². The summed E-state index contributed by atoms with van der Waals surface area (Å²) in [4.78, 5) is 34.0. The topological polar surface area (TPSA) is 91.7 Å². The number of hydrogen-bond donors (Lipinski definition) is 2. The lowest BCUT2D eigenvalue weighted by Gasteiger charge is -2.14. The minimum absolute atomic E-state index is 0.0845. The maximum Gasteiger partial charge on any atom is 0.332 e. The smallest absolute Gasteiger partial charge is 0.332 e. The summed E-state index contributed by atoms with van der Waals surface area (Å²) in [6.45, 7) is 1.47. The molecule has 18 heavy (non-hydrogen) atoms. The molecule has 1 unspecified atom stereocenters. The number of rotatable bonds is 6. The maximum atomic E-state index is 11.9. The van der Waals surface area contributed by atoms with Crippen molar-refractivity contribution in [1.29, 1.82) is 0 Å². The van der Waals surface area contributed by atoms with Gasteiger partial charge in [-0.1, -0.05) is 18.9 Å². The van der Waals surface area contributed by atoms with Gasteiger partial charge in [-0.3, -0.25) is 9.59 Å². The highest BCUT2D eigenvalue weighted by atomic mass is 16.4. The molecule has 100 valence electrons. The summed E-state index contributed by atoms with van der Waals surface area (Å²) in [7, 11) is 0. The van der Waals surface area contributed by atoms with Crippen molar-refractivity contribution in [2.45, 2.75) is 39.0 Å². The van der Waals surface area contributed by atoms with Gasteiger partial charge in [-0.2, -0.15) is 0 Å². The van der Waals surface area contributed by atoms with E-state index < -0.39 is 17.9 Å². The number of carboxylic acid groups (broad SMARTS) is 2. The van der Waals surface area contributed by atoms with Crippen LogP contribution >= 0.6 is 0 Å². The Balaban J connectivity index is 2.77. The molecule has 0 amide bonds. The van der Waals surface area contributed by atoms with Gasteiger partial charge in [-0.15, -0.1) is 0 Å². The van der Waals surface area contributed by atoms with E-state index in [-0.39, 0.29) is 23.7 Å². The molecule has 5 nitrogen and oxygen atoms in total. The number of carbonyl (C=O) groups is 3. The fraction of sp³-hybridized carbons (Fsp3) is 0.615. The van der Waals surface area contributed by atoms with Crippen LogP contribution in [-0.4, -0.2) is 27.9 Å². The molecular formula is C13H18O5. The van der Waals surface area contributed by atoms with Crippen molar-refractivity contribution in [2.75, 3.05) is 0 Å². The highest BCUT2D eigenvalue weighted by molar-refractivity contribution is 5.96. The SMILES string of the molecule is CC=C(C(=O)O)C(CC(=O)C1CCCC1)C(=O)O. The van der Waals surface area contributed by atoms with Crippen LogP contribution in [0, 0.1) is 11.8 Å². The zero-order valence-electron chi connectivity index (χ0n) is 10.4. The van der Waals surface area contributed by atoms with Crippen molar-refractivity contribution in [3.05, 3.63) is 11.6 Å². The standard InChI is InChI=1S/C13H18O5/c1-2-9(12(15)16)10(13(17)18)7-11(14)8-5-3-4-6-8/h2,8,10H,3-7H2,1H3,(H,15,16)(H,17,18). The Labute approximate surface area is 105 Å². The van der Waals surface area contributed by atoms with Gasteiger partial charge >= 0.3 is 11.9 Å². The fourth-order valence-corrected chi connectivity index (χ4v) is 2.42. The predicted octanol–water partition coefficient (Wildman–Crippen LogP) is 1.87. The lowest BCUT2D eigenvalue weighted by molar-refractivity contribution is -0.145. The van der Waals surface area contributed by atoms with Crippen LogP contribution in [0.4, 0.5) is 0 Å². The lowest BCUT2D eigenvalue weighted by Crippen LogP contribution is -2.26. The molecule has 5 heteroatoms. The largest absolute Gasteiger partial charge is 0.481 e. The monoisotopic (exact) mass is 254 g/mol. The van der Waals surface area contributed by atoms with Crippen molar-refractivity contribution in [3.8, 4) is 0 Å². The van der Waals surface area contributed by atoms with E-state index in [2.05, 4.69) is 0 Å². The van der Waals surface area contributed by atoms with Crippen molar-refractivity contribution < 1.29 is 24.6 Å². The number of ketones is 1. The molecule has 0 aromatic carbocycles. The molecule has 1 saturated carbocycles. The molecule has 0 saturated heterocycles. The Hall–Kier alpha value is -1.65. The van der Waals surface area contributed by atoms with E-state index in [0.29, 0.717) is 0 Å². The van der Waals surface area contributed by atoms with E-state index in [1.54, 1.807) is 0 Å². The molecule has 1 fully saturated rings. The summed E-state index contributed by atoms with van der Waals surface area (Å²) in [5.74, 6) is -3.97. The molecule has 1 rings (SSSR count). The number of carbonyl (C=O) groups excluding carboxylic acids is 1. The first kappa shape index (κ1) is 14.4. The summed E-state index contributed by atoms with van der Waals surface area (Å²) in [5.41, 5.74) is -0.214. The summed E-state index contributed by atoms with van der Waals surface area (Å²) < 4.78 is 0. The molecule has 0 spiro atoms. The van der Waals surface area contributed by atoms with Gasteiger partial charge in [-0.05, 0) is 19.8 Å². The van der Waals surface area contributed by atoms with E-state index in [4.69, 9.17) is 10.2 Å². The molecule has 1 atom stereocenters. The van der Waals surface area contributed by atoms with Gasteiger partial charge in [-0.25, -0.2) is 4.79 Å². The van der Waals surface area contributed by atoms with Gasteiger partial charge < -0.3 is 10.2 Å². The van der Waals surface area contributed by atoms with Crippen LogP contribution in [0.5, 0.6) is 0 Å². The van der Waals surface area contributed by atoms with Crippen molar-refractivity contribution in [2.24, 2.45) is 11.8 Å². The van der Waals surface area contributed by atoms with Gasteiger partial charge in [0, 0.05) is 17.9 Å². The summed E-state index contributed by atoms with van der Waals surface area (Å²) in [6.07, 6.45) is 4.61. The lowest BCUT2D eigenvalue weighted by atomic mass is 9.88. The molecule has 1 aliphatic rings. The van der Waals surface area contributed by atoms with Gasteiger partial charge in [0.25, 0.3) is 0 Å².